The topological polar surface area (TPSA) is 33.3 Å². The van der Waals surface area contributed by atoms with E-state index in [2.05, 4.69) is 60.0 Å². The molecule has 1 aliphatic rings. The van der Waals surface area contributed by atoms with Crippen LogP contribution in [-0.2, 0) is 6.42 Å². The molecule has 0 saturated heterocycles. The second kappa shape index (κ2) is 7.32. The first-order valence-corrected chi connectivity index (χ1v) is 8.16. The second-order valence-electron chi connectivity index (χ2n) is 5.73. The lowest BCUT2D eigenvalue weighted by atomic mass is 10.1. The number of benzene rings is 2. The molecule has 0 radical (unpaired) electrons. The number of hydrogen-bond donors (Lipinski definition) is 2. The van der Waals surface area contributed by atoms with Crippen LogP contribution in [0.2, 0.25) is 0 Å². The van der Waals surface area contributed by atoms with Crippen molar-refractivity contribution in [3.05, 3.63) is 59.7 Å². The Morgan fingerprint density at radius 2 is 2.00 bits per heavy atom. The zero-order valence-electron chi connectivity index (χ0n) is 13.1. The van der Waals surface area contributed by atoms with Gasteiger partial charge in [0.1, 0.15) is 11.9 Å². The molecule has 2 aromatic rings. The molecular formula is C19H24N2O. The summed E-state index contributed by atoms with van der Waals surface area (Å²) in [4.78, 5) is 0. The van der Waals surface area contributed by atoms with Gasteiger partial charge in [-0.05, 0) is 49.2 Å². The van der Waals surface area contributed by atoms with Crippen LogP contribution < -0.4 is 15.4 Å². The Balaban J connectivity index is 1.64. The van der Waals surface area contributed by atoms with Gasteiger partial charge in [-0.25, -0.2) is 0 Å². The molecule has 3 heteroatoms. The molecule has 1 atom stereocenters. The van der Waals surface area contributed by atoms with E-state index in [1.807, 2.05) is 6.07 Å². The van der Waals surface area contributed by atoms with Crippen LogP contribution in [0.3, 0.4) is 0 Å². The highest BCUT2D eigenvalue weighted by Crippen LogP contribution is 2.34. The average Bonchev–Trinajstić information content (AvgIpc) is 2.59. The third-order valence-corrected chi connectivity index (χ3v) is 3.98. The lowest BCUT2D eigenvalue weighted by Gasteiger charge is -2.28. The fourth-order valence-electron chi connectivity index (χ4n) is 2.76. The first kappa shape index (κ1) is 14.9. The minimum absolute atomic E-state index is 0.0887. The van der Waals surface area contributed by atoms with Crippen LogP contribution in [0.4, 0.5) is 5.69 Å². The Hall–Kier alpha value is -2.00. The predicted octanol–water partition coefficient (Wildman–Crippen LogP) is 3.77. The van der Waals surface area contributed by atoms with Crippen molar-refractivity contribution < 1.29 is 4.74 Å². The van der Waals surface area contributed by atoms with Crippen LogP contribution >= 0.6 is 0 Å². The molecule has 116 valence electrons. The SMILES string of the molecule is CCCNCCc1ccc2c(c1)NCC(c1ccccc1)O2. The van der Waals surface area contributed by atoms with Crippen molar-refractivity contribution in [3.8, 4) is 5.75 Å². The number of anilines is 1. The van der Waals surface area contributed by atoms with Crippen molar-refractivity contribution in [3.63, 3.8) is 0 Å². The Kier molecular flexibility index (Phi) is 4.96. The Morgan fingerprint density at radius 3 is 2.82 bits per heavy atom. The average molecular weight is 296 g/mol. The summed E-state index contributed by atoms with van der Waals surface area (Å²) in [6.07, 6.45) is 2.32. The zero-order valence-corrected chi connectivity index (χ0v) is 13.1. The fraction of sp³-hybridized carbons (Fsp3) is 0.368. The van der Waals surface area contributed by atoms with E-state index < -0.39 is 0 Å². The molecule has 0 saturated carbocycles. The van der Waals surface area contributed by atoms with Gasteiger partial charge in [0, 0.05) is 0 Å². The molecule has 1 heterocycles. The third-order valence-electron chi connectivity index (χ3n) is 3.98. The predicted molar refractivity (Wildman–Crippen MR) is 91.6 cm³/mol. The van der Waals surface area contributed by atoms with E-state index in [0.717, 1.165) is 37.5 Å². The number of rotatable bonds is 6. The molecule has 0 bridgehead atoms. The van der Waals surface area contributed by atoms with E-state index in [4.69, 9.17) is 4.74 Å². The van der Waals surface area contributed by atoms with Gasteiger partial charge >= 0.3 is 0 Å². The van der Waals surface area contributed by atoms with Crippen LogP contribution in [0.5, 0.6) is 5.75 Å². The van der Waals surface area contributed by atoms with Crippen molar-refractivity contribution in [1.29, 1.82) is 0 Å². The highest BCUT2D eigenvalue weighted by atomic mass is 16.5. The van der Waals surface area contributed by atoms with Crippen molar-refractivity contribution in [1.82, 2.24) is 5.32 Å². The van der Waals surface area contributed by atoms with Gasteiger partial charge in [0.2, 0.25) is 0 Å². The van der Waals surface area contributed by atoms with E-state index in [0.29, 0.717) is 0 Å². The Morgan fingerprint density at radius 1 is 1.14 bits per heavy atom. The minimum atomic E-state index is 0.0887. The number of fused-ring (bicyclic) bond motifs is 1. The summed E-state index contributed by atoms with van der Waals surface area (Å²) < 4.78 is 6.14. The van der Waals surface area contributed by atoms with Crippen LogP contribution in [0.25, 0.3) is 0 Å². The molecule has 0 spiro atoms. The van der Waals surface area contributed by atoms with Gasteiger partial charge in [0.05, 0.1) is 12.2 Å². The molecule has 0 aromatic heterocycles. The maximum Gasteiger partial charge on any atom is 0.143 e. The van der Waals surface area contributed by atoms with Crippen LogP contribution in [0, 0.1) is 0 Å². The zero-order chi connectivity index (χ0) is 15.2. The largest absolute Gasteiger partial charge is 0.482 e. The van der Waals surface area contributed by atoms with E-state index in [1.165, 1.54) is 17.5 Å². The lowest BCUT2D eigenvalue weighted by Crippen LogP contribution is -2.23. The highest BCUT2D eigenvalue weighted by molar-refractivity contribution is 5.60. The van der Waals surface area contributed by atoms with E-state index >= 15 is 0 Å². The molecule has 22 heavy (non-hydrogen) atoms. The van der Waals surface area contributed by atoms with Crippen molar-refractivity contribution in [2.75, 3.05) is 25.0 Å². The summed E-state index contributed by atoms with van der Waals surface area (Å²) in [5, 5.41) is 6.95. The van der Waals surface area contributed by atoms with Gasteiger partial charge in [-0.2, -0.15) is 0 Å². The molecule has 1 aliphatic heterocycles. The molecule has 0 aliphatic carbocycles. The second-order valence-corrected chi connectivity index (χ2v) is 5.73. The summed E-state index contributed by atoms with van der Waals surface area (Å²) in [6, 6.07) is 16.8. The number of ether oxygens (including phenoxy) is 1. The first-order chi connectivity index (χ1) is 10.9. The minimum Gasteiger partial charge on any atom is -0.482 e. The molecular weight excluding hydrogens is 272 g/mol. The molecule has 0 fully saturated rings. The van der Waals surface area contributed by atoms with Gasteiger partial charge in [-0.15, -0.1) is 0 Å². The smallest absolute Gasteiger partial charge is 0.143 e. The summed E-state index contributed by atoms with van der Waals surface area (Å²) in [7, 11) is 0. The van der Waals surface area contributed by atoms with Crippen LogP contribution in [-0.4, -0.2) is 19.6 Å². The van der Waals surface area contributed by atoms with Crippen molar-refractivity contribution >= 4 is 5.69 Å². The third kappa shape index (κ3) is 3.60. The van der Waals surface area contributed by atoms with Crippen molar-refractivity contribution in [2.45, 2.75) is 25.9 Å². The maximum atomic E-state index is 6.14. The van der Waals surface area contributed by atoms with Gasteiger partial charge in [0.25, 0.3) is 0 Å². The summed E-state index contributed by atoms with van der Waals surface area (Å²) in [5.74, 6) is 0.949. The Bertz CT molecular complexity index is 598. The first-order valence-electron chi connectivity index (χ1n) is 8.16. The Labute approximate surface area is 132 Å². The number of hydrogen-bond acceptors (Lipinski definition) is 3. The summed E-state index contributed by atoms with van der Waals surface area (Å²) in [6.45, 7) is 5.12. The molecule has 0 amide bonds. The highest BCUT2D eigenvalue weighted by Gasteiger charge is 2.20. The van der Waals surface area contributed by atoms with E-state index in [1.54, 1.807) is 0 Å². The summed E-state index contributed by atoms with van der Waals surface area (Å²) in [5.41, 5.74) is 3.67. The van der Waals surface area contributed by atoms with E-state index in [9.17, 15) is 0 Å². The van der Waals surface area contributed by atoms with Crippen LogP contribution in [0.15, 0.2) is 48.5 Å². The van der Waals surface area contributed by atoms with Gasteiger partial charge in [-0.1, -0.05) is 43.3 Å². The maximum absolute atomic E-state index is 6.14. The molecule has 1 unspecified atom stereocenters. The summed E-state index contributed by atoms with van der Waals surface area (Å²) >= 11 is 0. The van der Waals surface area contributed by atoms with Gasteiger partial charge in [-0.3, -0.25) is 0 Å². The monoisotopic (exact) mass is 296 g/mol. The molecule has 2 aromatic carbocycles. The normalized spacial score (nSPS) is 16.5. The molecule has 2 N–H and O–H groups in total. The van der Waals surface area contributed by atoms with Crippen LogP contribution in [0.1, 0.15) is 30.6 Å². The quantitative estimate of drug-likeness (QED) is 0.796. The van der Waals surface area contributed by atoms with Gasteiger partial charge < -0.3 is 15.4 Å². The fourth-order valence-corrected chi connectivity index (χ4v) is 2.76. The van der Waals surface area contributed by atoms with Crippen molar-refractivity contribution in [2.24, 2.45) is 0 Å². The van der Waals surface area contributed by atoms with Gasteiger partial charge in [0.15, 0.2) is 0 Å². The standard InChI is InChI=1S/C19H24N2O/c1-2-11-20-12-10-15-8-9-18-17(13-15)21-14-19(22-18)16-6-4-3-5-7-16/h3-9,13,19-21H,2,10-12,14H2,1H3. The molecule has 3 rings (SSSR count). The molecule has 3 nitrogen and oxygen atoms in total. The van der Waals surface area contributed by atoms with E-state index in [-0.39, 0.29) is 6.10 Å². The number of nitrogens with one attached hydrogen (secondary N) is 2. The lowest BCUT2D eigenvalue weighted by molar-refractivity contribution is 0.210.